The van der Waals surface area contributed by atoms with E-state index in [0.29, 0.717) is 6.42 Å². The van der Waals surface area contributed by atoms with Gasteiger partial charge in [-0.3, -0.25) is 19.7 Å². The lowest BCUT2D eigenvalue weighted by molar-refractivity contribution is -0.385. The average Bonchev–Trinajstić information content (AvgIpc) is 2.96. The van der Waals surface area contributed by atoms with Crippen molar-refractivity contribution in [2.24, 2.45) is 0 Å². The molecule has 1 aliphatic rings. The molecule has 10 nitrogen and oxygen atoms in total. The molecule has 0 aliphatic carbocycles. The molecule has 1 saturated heterocycles. The first kappa shape index (κ1) is 20.6. The maximum Gasteiger partial charge on any atom is 0.311 e. The second kappa shape index (κ2) is 8.33. The van der Waals surface area contributed by atoms with E-state index in [1.165, 1.54) is 24.1 Å². The Morgan fingerprint density at radius 3 is 2.63 bits per heavy atom. The van der Waals surface area contributed by atoms with Crippen LogP contribution in [0.25, 0.3) is 0 Å². The summed E-state index contributed by atoms with van der Waals surface area (Å²) in [5, 5.41) is 13.7. The lowest BCUT2D eigenvalue weighted by Crippen LogP contribution is -2.44. The summed E-state index contributed by atoms with van der Waals surface area (Å²) >= 11 is 0. The van der Waals surface area contributed by atoms with Crippen LogP contribution >= 0.6 is 0 Å². The number of nitrogens with one attached hydrogen (secondary N) is 1. The first-order chi connectivity index (χ1) is 12.7. The van der Waals surface area contributed by atoms with E-state index in [0.717, 1.165) is 6.07 Å². The number of hydrogen-bond acceptors (Lipinski definition) is 7. The van der Waals surface area contributed by atoms with E-state index < -0.39 is 32.6 Å². The Hall–Kier alpha value is -2.69. The number of ether oxygens (including phenoxy) is 1. The standard InChI is InChI=1S/C16H21N3O7S/c1-3-18(9-15(20)17-12-6-7-27(24,25)10-12)16(21)11-4-5-14(26-2)13(8-11)19(22)23/h4-5,8,12H,3,6-7,9-10H2,1-2H3,(H,17,20)/t12-/m1/s1. The Morgan fingerprint density at radius 2 is 2.11 bits per heavy atom. The van der Waals surface area contributed by atoms with Crippen LogP contribution in [0.15, 0.2) is 18.2 Å². The summed E-state index contributed by atoms with van der Waals surface area (Å²) in [5.74, 6) is -1.07. The van der Waals surface area contributed by atoms with Crippen LogP contribution in [0.4, 0.5) is 5.69 Å². The van der Waals surface area contributed by atoms with Crippen molar-refractivity contribution in [3.05, 3.63) is 33.9 Å². The third kappa shape index (κ3) is 5.16. The molecule has 11 heteroatoms. The Morgan fingerprint density at radius 1 is 1.41 bits per heavy atom. The average molecular weight is 399 g/mol. The largest absolute Gasteiger partial charge is 0.490 e. The minimum Gasteiger partial charge on any atom is -0.490 e. The van der Waals surface area contributed by atoms with Gasteiger partial charge in [0.15, 0.2) is 15.6 Å². The van der Waals surface area contributed by atoms with Gasteiger partial charge in [0.05, 0.1) is 30.1 Å². The molecule has 0 unspecified atom stereocenters. The molecule has 1 aliphatic heterocycles. The zero-order chi connectivity index (χ0) is 20.2. The maximum absolute atomic E-state index is 12.6. The third-order valence-corrected chi connectivity index (χ3v) is 5.99. The van der Waals surface area contributed by atoms with Gasteiger partial charge in [-0.05, 0) is 25.5 Å². The van der Waals surface area contributed by atoms with Crippen LogP contribution in [0, 0.1) is 10.1 Å². The van der Waals surface area contributed by atoms with Crippen LogP contribution in [-0.4, -0.2) is 67.8 Å². The zero-order valence-electron chi connectivity index (χ0n) is 15.0. The van der Waals surface area contributed by atoms with Crippen LogP contribution in [-0.2, 0) is 14.6 Å². The molecule has 148 valence electrons. The molecular formula is C16H21N3O7S. The van der Waals surface area contributed by atoms with E-state index in [-0.39, 0.29) is 41.6 Å². The van der Waals surface area contributed by atoms with E-state index in [2.05, 4.69) is 5.32 Å². The highest BCUT2D eigenvalue weighted by atomic mass is 32.2. The number of methoxy groups -OCH3 is 1. The lowest BCUT2D eigenvalue weighted by Gasteiger charge is -2.21. The number of nitrogens with zero attached hydrogens (tertiary/aromatic N) is 2. The van der Waals surface area contributed by atoms with E-state index in [1.807, 2.05) is 0 Å². The molecule has 1 heterocycles. The van der Waals surface area contributed by atoms with Gasteiger partial charge in [-0.15, -0.1) is 0 Å². The molecule has 1 fully saturated rings. The quantitative estimate of drug-likeness (QED) is 0.517. The summed E-state index contributed by atoms with van der Waals surface area (Å²) in [6.07, 6.45) is 0.346. The first-order valence-electron chi connectivity index (χ1n) is 8.28. The molecule has 0 spiro atoms. The molecule has 0 radical (unpaired) electrons. The van der Waals surface area contributed by atoms with E-state index in [4.69, 9.17) is 4.74 Å². The summed E-state index contributed by atoms with van der Waals surface area (Å²) in [4.78, 5) is 36.5. The molecule has 2 amide bonds. The molecule has 1 aromatic rings. The van der Waals surface area contributed by atoms with Gasteiger partial charge in [0.2, 0.25) is 5.91 Å². The number of rotatable bonds is 7. The van der Waals surface area contributed by atoms with Gasteiger partial charge in [-0.2, -0.15) is 0 Å². The van der Waals surface area contributed by atoms with Crippen molar-refractivity contribution in [1.82, 2.24) is 10.2 Å². The minimum atomic E-state index is -3.12. The van der Waals surface area contributed by atoms with Crippen molar-refractivity contribution in [3.63, 3.8) is 0 Å². The van der Waals surface area contributed by atoms with Crippen molar-refractivity contribution >= 4 is 27.3 Å². The SMILES string of the molecule is CCN(CC(=O)N[C@@H]1CCS(=O)(=O)C1)C(=O)c1ccc(OC)c([N+](=O)[O-])c1. The number of carbonyl (C=O) groups is 2. The zero-order valence-corrected chi connectivity index (χ0v) is 15.8. The first-order valence-corrected chi connectivity index (χ1v) is 10.1. The van der Waals surface area contributed by atoms with Gasteiger partial charge in [-0.25, -0.2) is 8.42 Å². The van der Waals surface area contributed by atoms with Crippen molar-refractivity contribution in [1.29, 1.82) is 0 Å². The van der Waals surface area contributed by atoms with Crippen LogP contribution in [0.1, 0.15) is 23.7 Å². The van der Waals surface area contributed by atoms with Gasteiger partial charge in [0.1, 0.15) is 0 Å². The number of hydrogen-bond donors (Lipinski definition) is 1. The molecule has 0 bridgehead atoms. The van der Waals surface area contributed by atoms with Crippen molar-refractivity contribution in [3.8, 4) is 5.75 Å². The molecule has 1 N–H and O–H groups in total. The van der Waals surface area contributed by atoms with E-state index in [9.17, 15) is 28.1 Å². The van der Waals surface area contributed by atoms with Crippen molar-refractivity contribution in [2.45, 2.75) is 19.4 Å². The van der Waals surface area contributed by atoms with E-state index in [1.54, 1.807) is 6.92 Å². The predicted octanol–water partition coefficient (Wildman–Crippen LogP) is 0.369. The molecule has 0 aromatic heterocycles. The van der Waals surface area contributed by atoms with Gasteiger partial charge < -0.3 is 15.0 Å². The van der Waals surface area contributed by atoms with Gasteiger partial charge >= 0.3 is 5.69 Å². The molecular weight excluding hydrogens is 378 g/mol. The number of nitro benzene ring substituents is 1. The number of benzene rings is 1. The predicted molar refractivity (Wildman–Crippen MR) is 96.4 cm³/mol. The Bertz CT molecular complexity index is 854. The summed E-state index contributed by atoms with van der Waals surface area (Å²) in [6.45, 7) is 1.60. The highest BCUT2D eigenvalue weighted by Gasteiger charge is 2.30. The third-order valence-electron chi connectivity index (χ3n) is 4.22. The summed E-state index contributed by atoms with van der Waals surface area (Å²) in [7, 11) is -1.84. The fraction of sp³-hybridized carbons (Fsp3) is 0.500. The highest BCUT2D eigenvalue weighted by Crippen LogP contribution is 2.28. The molecule has 0 saturated carbocycles. The second-order valence-electron chi connectivity index (χ2n) is 6.13. The van der Waals surface area contributed by atoms with Crippen molar-refractivity contribution in [2.75, 3.05) is 31.7 Å². The van der Waals surface area contributed by atoms with Crippen LogP contribution < -0.4 is 10.1 Å². The van der Waals surface area contributed by atoms with Gasteiger partial charge in [0, 0.05) is 24.2 Å². The maximum atomic E-state index is 12.6. The topological polar surface area (TPSA) is 136 Å². The smallest absolute Gasteiger partial charge is 0.311 e. The van der Waals surface area contributed by atoms with Gasteiger partial charge in [-0.1, -0.05) is 0 Å². The molecule has 2 rings (SSSR count). The Labute approximate surface area is 156 Å². The normalized spacial score (nSPS) is 17.9. The molecule has 1 atom stereocenters. The second-order valence-corrected chi connectivity index (χ2v) is 8.36. The van der Waals surface area contributed by atoms with Gasteiger partial charge in [0.25, 0.3) is 5.91 Å². The van der Waals surface area contributed by atoms with Crippen molar-refractivity contribution < 1.29 is 27.7 Å². The van der Waals surface area contributed by atoms with Crippen LogP contribution in [0.5, 0.6) is 5.75 Å². The summed E-state index contributed by atoms with van der Waals surface area (Å²) < 4.78 is 27.8. The van der Waals surface area contributed by atoms with Crippen LogP contribution in [0.3, 0.4) is 0 Å². The Kier molecular flexibility index (Phi) is 6.37. The fourth-order valence-corrected chi connectivity index (χ4v) is 4.50. The highest BCUT2D eigenvalue weighted by molar-refractivity contribution is 7.91. The molecule has 27 heavy (non-hydrogen) atoms. The Balaban J connectivity index is 2.08. The number of amides is 2. The van der Waals surface area contributed by atoms with E-state index >= 15 is 0 Å². The van der Waals surface area contributed by atoms with Crippen LogP contribution in [0.2, 0.25) is 0 Å². The number of sulfone groups is 1. The molecule has 1 aromatic carbocycles. The lowest BCUT2D eigenvalue weighted by atomic mass is 10.1. The number of likely N-dealkylation sites (N-methyl/N-ethyl adjacent to an activating group) is 1. The summed E-state index contributed by atoms with van der Waals surface area (Å²) in [6, 6.07) is 3.35. The number of nitro groups is 1. The minimum absolute atomic E-state index is 0.0276. The number of carbonyl (C=O) groups excluding carboxylic acids is 2. The fourth-order valence-electron chi connectivity index (χ4n) is 2.83. The summed E-state index contributed by atoms with van der Waals surface area (Å²) in [5.41, 5.74) is -0.291. The monoisotopic (exact) mass is 399 g/mol.